The number of carbonyl (C=O) groups excluding carboxylic acids is 2. The van der Waals surface area contributed by atoms with Crippen LogP contribution < -0.4 is 0 Å². The molecule has 0 bridgehead atoms. The van der Waals surface area contributed by atoms with Crippen molar-refractivity contribution in [3.63, 3.8) is 0 Å². The molecule has 0 N–H and O–H groups in total. The lowest BCUT2D eigenvalue weighted by atomic mass is 10.1. The lowest BCUT2D eigenvalue weighted by molar-refractivity contribution is -0.132. The number of hydrogen-bond donors (Lipinski definition) is 0. The van der Waals surface area contributed by atoms with Crippen LogP contribution in [0.1, 0.15) is 28.9 Å². The van der Waals surface area contributed by atoms with Gasteiger partial charge in [-0.15, -0.1) is 0 Å². The van der Waals surface area contributed by atoms with E-state index in [4.69, 9.17) is 11.6 Å². The summed E-state index contributed by atoms with van der Waals surface area (Å²) in [7, 11) is 0. The molecule has 0 atom stereocenters. The van der Waals surface area contributed by atoms with Crippen LogP contribution in [0.2, 0.25) is 5.02 Å². The fourth-order valence-electron chi connectivity index (χ4n) is 3.77. The molecular formula is C24H25ClN4O2. The maximum absolute atomic E-state index is 12.8. The van der Waals surface area contributed by atoms with Gasteiger partial charge < -0.3 is 9.80 Å². The Balaban J connectivity index is 1.26. The summed E-state index contributed by atoms with van der Waals surface area (Å²) in [4.78, 5) is 29.0. The number of benzene rings is 2. The molecular weight excluding hydrogens is 412 g/mol. The third-order valence-electron chi connectivity index (χ3n) is 5.50. The van der Waals surface area contributed by atoms with Crippen molar-refractivity contribution in [3.8, 4) is 5.69 Å². The Hall–Kier alpha value is -3.12. The molecule has 0 spiro atoms. The molecule has 0 aliphatic carbocycles. The molecule has 0 unspecified atom stereocenters. The van der Waals surface area contributed by atoms with E-state index in [9.17, 15) is 9.59 Å². The minimum Gasteiger partial charge on any atom is -0.339 e. The zero-order valence-electron chi connectivity index (χ0n) is 17.3. The normalized spacial score (nSPS) is 14.0. The van der Waals surface area contributed by atoms with E-state index in [0.29, 0.717) is 43.3 Å². The van der Waals surface area contributed by atoms with Gasteiger partial charge in [0.1, 0.15) is 0 Å². The second kappa shape index (κ2) is 9.79. The van der Waals surface area contributed by atoms with Crippen LogP contribution >= 0.6 is 11.6 Å². The Bertz CT molecular complexity index is 1040. The number of amides is 2. The van der Waals surface area contributed by atoms with Crippen LogP contribution in [-0.2, 0) is 11.2 Å². The van der Waals surface area contributed by atoms with Gasteiger partial charge in [-0.25, -0.2) is 4.68 Å². The molecule has 1 aliphatic rings. The number of aromatic nitrogens is 2. The van der Waals surface area contributed by atoms with Gasteiger partial charge in [-0.2, -0.15) is 5.10 Å². The minimum absolute atomic E-state index is 0.114. The van der Waals surface area contributed by atoms with Gasteiger partial charge in [0, 0.05) is 43.8 Å². The van der Waals surface area contributed by atoms with Crippen LogP contribution in [0.25, 0.3) is 5.69 Å². The summed E-state index contributed by atoms with van der Waals surface area (Å²) in [5.74, 6) is 0.0465. The lowest BCUT2D eigenvalue weighted by Crippen LogP contribution is -2.50. The Kier molecular flexibility index (Phi) is 6.67. The van der Waals surface area contributed by atoms with Crippen molar-refractivity contribution < 1.29 is 9.59 Å². The number of piperazine rings is 1. The van der Waals surface area contributed by atoms with Gasteiger partial charge in [0.05, 0.1) is 5.69 Å². The van der Waals surface area contributed by atoms with E-state index in [0.717, 1.165) is 18.5 Å². The topological polar surface area (TPSA) is 58.4 Å². The first-order chi connectivity index (χ1) is 15.1. The maximum atomic E-state index is 12.8. The number of carbonyl (C=O) groups is 2. The molecule has 2 amide bonds. The summed E-state index contributed by atoms with van der Waals surface area (Å²) in [5, 5.41) is 5.02. The van der Waals surface area contributed by atoms with E-state index in [1.54, 1.807) is 34.0 Å². The summed E-state index contributed by atoms with van der Waals surface area (Å²) >= 11 is 6.04. The van der Waals surface area contributed by atoms with E-state index in [1.165, 1.54) is 5.56 Å². The van der Waals surface area contributed by atoms with E-state index < -0.39 is 0 Å². The minimum atomic E-state index is -0.114. The Morgan fingerprint density at radius 1 is 0.903 bits per heavy atom. The summed E-state index contributed by atoms with van der Waals surface area (Å²) in [5.41, 5.74) is 2.45. The largest absolute Gasteiger partial charge is 0.339 e. The highest BCUT2D eigenvalue weighted by atomic mass is 35.5. The van der Waals surface area contributed by atoms with Crippen molar-refractivity contribution in [3.05, 3.63) is 83.1 Å². The van der Waals surface area contributed by atoms with E-state index in [-0.39, 0.29) is 11.8 Å². The van der Waals surface area contributed by atoms with Gasteiger partial charge in [-0.3, -0.25) is 9.59 Å². The second-order valence-corrected chi connectivity index (χ2v) is 8.07. The van der Waals surface area contributed by atoms with Crippen molar-refractivity contribution in [1.82, 2.24) is 19.6 Å². The van der Waals surface area contributed by atoms with Crippen LogP contribution in [0.5, 0.6) is 0 Å². The molecule has 6 nitrogen and oxygen atoms in total. The summed E-state index contributed by atoms with van der Waals surface area (Å²) in [6, 6.07) is 19.2. The van der Waals surface area contributed by atoms with Gasteiger partial charge in [-0.1, -0.05) is 48.0 Å². The number of hydrogen-bond acceptors (Lipinski definition) is 3. The average Bonchev–Trinajstić information content (AvgIpc) is 3.30. The molecule has 4 rings (SSSR count). The molecule has 1 fully saturated rings. The van der Waals surface area contributed by atoms with Crippen LogP contribution in [0.4, 0.5) is 0 Å². The van der Waals surface area contributed by atoms with Gasteiger partial charge >= 0.3 is 0 Å². The highest BCUT2D eigenvalue weighted by Crippen LogP contribution is 2.16. The molecule has 31 heavy (non-hydrogen) atoms. The molecule has 2 heterocycles. The number of aryl methyl sites for hydroxylation is 1. The van der Waals surface area contributed by atoms with Crippen LogP contribution in [0.3, 0.4) is 0 Å². The monoisotopic (exact) mass is 436 g/mol. The highest BCUT2D eigenvalue weighted by molar-refractivity contribution is 6.30. The SMILES string of the molecule is O=C(CCCc1ccccc1)N1CCN(C(=O)c2ccn(-c3cccc(Cl)c3)n2)CC1. The first-order valence-electron chi connectivity index (χ1n) is 10.5. The maximum Gasteiger partial charge on any atom is 0.274 e. The highest BCUT2D eigenvalue weighted by Gasteiger charge is 2.25. The van der Waals surface area contributed by atoms with Gasteiger partial charge in [-0.05, 0) is 42.7 Å². The molecule has 0 radical (unpaired) electrons. The Labute approximate surface area is 187 Å². The summed E-state index contributed by atoms with van der Waals surface area (Å²) < 4.78 is 1.64. The van der Waals surface area contributed by atoms with Crippen LogP contribution in [-0.4, -0.2) is 57.6 Å². The van der Waals surface area contributed by atoms with Crippen molar-refractivity contribution in [2.75, 3.05) is 26.2 Å². The Morgan fingerprint density at radius 2 is 1.65 bits per heavy atom. The molecule has 1 aromatic heterocycles. The molecule has 160 valence electrons. The Morgan fingerprint density at radius 3 is 2.39 bits per heavy atom. The molecule has 0 saturated carbocycles. The van der Waals surface area contributed by atoms with Crippen molar-refractivity contribution in [2.24, 2.45) is 0 Å². The zero-order chi connectivity index (χ0) is 21.6. The zero-order valence-corrected chi connectivity index (χ0v) is 18.0. The van der Waals surface area contributed by atoms with Crippen molar-refractivity contribution in [2.45, 2.75) is 19.3 Å². The number of halogens is 1. The van der Waals surface area contributed by atoms with Crippen LogP contribution in [0, 0.1) is 0 Å². The summed E-state index contributed by atoms with van der Waals surface area (Å²) in [6.45, 7) is 2.16. The van der Waals surface area contributed by atoms with E-state index in [2.05, 4.69) is 17.2 Å². The molecule has 1 aliphatic heterocycles. The molecule has 7 heteroatoms. The quantitative estimate of drug-likeness (QED) is 0.590. The molecule has 1 saturated heterocycles. The predicted octanol–water partition coefficient (Wildman–Crippen LogP) is 3.83. The van der Waals surface area contributed by atoms with Crippen LogP contribution in [0.15, 0.2) is 66.9 Å². The smallest absolute Gasteiger partial charge is 0.274 e. The molecule has 2 aromatic carbocycles. The van der Waals surface area contributed by atoms with E-state index in [1.807, 2.05) is 35.2 Å². The number of nitrogens with zero attached hydrogens (tertiary/aromatic N) is 4. The second-order valence-electron chi connectivity index (χ2n) is 7.64. The van der Waals surface area contributed by atoms with Crippen molar-refractivity contribution in [1.29, 1.82) is 0 Å². The first kappa shape index (κ1) is 21.1. The van der Waals surface area contributed by atoms with E-state index >= 15 is 0 Å². The third kappa shape index (κ3) is 5.33. The fraction of sp³-hybridized carbons (Fsp3) is 0.292. The average molecular weight is 437 g/mol. The fourth-order valence-corrected chi connectivity index (χ4v) is 3.95. The van der Waals surface area contributed by atoms with Crippen molar-refractivity contribution >= 4 is 23.4 Å². The van der Waals surface area contributed by atoms with Gasteiger partial charge in [0.2, 0.25) is 5.91 Å². The van der Waals surface area contributed by atoms with Gasteiger partial charge in [0.25, 0.3) is 5.91 Å². The standard InChI is InChI=1S/C24H25ClN4O2/c25-20-9-5-10-21(18-20)29-13-12-22(26-29)24(31)28-16-14-27(15-17-28)23(30)11-4-8-19-6-2-1-3-7-19/h1-3,5-7,9-10,12-13,18H,4,8,11,14-17H2. The molecule has 3 aromatic rings. The predicted molar refractivity (Wildman–Crippen MR) is 120 cm³/mol. The number of rotatable bonds is 6. The lowest BCUT2D eigenvalue weighted by Gasteiger charge is -2.34. The third-order valence-corrected chi connectivity index (χ3v) is 5.73. The summed E-state index contributed by atoms with van der Waals surface area (Å²) in [6.07, 6.45) is 4.03. The van der Waals surface area contributed by atoms with Gasteiger partial charge in [0.15, 0.2) is 5.69 Å². The first-order valence-corrected chi connectivity index (χ1v) is 10.9.